The Bertz CT molecular complexity index is 2410. The standard InChI is InChI=1S/C38H42N12O6S/c39-57(55,56)28-13-11-25(12-14-28)43-38(54)44-26-15-16-48(20-26)37-45-35(40-19-29(23-7-3-1-4-8-23)24-9-5-2-6-10-24)32-36(46-37)49(22-41-32)30-17-31(34(53)33(30)52)50-42-18-27(21-51)47-50/h1-14,18,22,26,29-31,33-34,51-53H,15-17,19-21H2,(H2,39,55,56)(H,40,45,46)(H2,43,44,54)/t26-,30?,31+,33+,34-/m1/s1. The van der Waals surface area contributed by atoms with Crippen LogP contribution in [0.3, 0.4) is 0 Å². The first kappa shape index (κ1) is 37.9. The predicted molar refractivity (Wildman–Crippen MR) is 210 cm³/mol. The van der Waals surface area contributed by atoms with Crippen molar-refractivity contribution in [3.05, 3.63) is 114 Å². The summed E-state index contributed by atoms with van der Waals surface area (Å²) in [4.78, 5) is 30.9. The van der Waals surface area contributed by atoms with E-state index in [4.69, 9.17) is 20.1 Å². The van der Waals surface area contributed by atoms with Gasteiger partial charge in [-0.25, -0.2) is 23.3 Å². The van der Waals surface area contributed by atoms with Gasteiger partial charge in [0.2, 0.25) is 16.0 Å². The number of fused-ring (bicyclic) bond motifs is 1. The lowest BCUT2D eigenvalue weighted by molar-refractivity contribution is 0.00491. The molecule has 0 spiro atoms. The van der Waals surface area contributed by atoms with Crippen LogP contribution in [0.2, 0.25) is 0 Å². The lowest BCUT2D eigenvalue weighted by atomic mass is 9.91. The van der Waals surface area contributed by atoms with Crippen molar-refractivity contribution in [1.29, 1.82) is 0 Å². The molecule has 2 aliphatic rings. The summed E-state index contributed by atoms with van der Waals surface area (Å²) in [6.45, 7) is 1.08. The maximum atomic E-state index is 13.0. The molecule has 1 unspecified atom stereocenters. The van der Waals surface area contributed by atoms with Gasteiger partial charge in [-0.15, -0.1) is 0 Å². The van der Waals surface area contributed by atoms with E-state index in [1.54, 1.807) is 10.9 Å². The van der Waals surface area contributed by atoms with Crippen molar-refractivity contribution in [2.24, 2.45) is 5.14 Å². The second-order valence-corrected chi connectivity index (χ2v) is 15.8. The number of primary sulfonamides is 1. The summed E-state index contributed by atoms with van der Waals surface area (Å²) in [7, 11) is -3.87. The molecule has 19 heteroatoms. The first-order chi connectivity index (χ1) is 27.6. The number of aliphatic hydroxyl groups excluding tert-OH is 3. The number of aromatic nitrogens is 7. The zero-order chi connectivity index (χ0) is 39.7. The number of hydrogen-bond acceptors (Lipinski definition) is 13. The minimum Gasteiger partial charge on any atom is -0.390 e. The summed E-state index contributed by atoms with van der Waals surface area (Å²) in [6, 6.07) is 23.9. The fourth-order valence-corrected chi connectivity index (χ4v) is 8.10. The highest BCUT2D eigenvalue weighted by molar-refractivity contribution is 7.89. The van der Waals surface area contributed by atoms with E-state index in [9.17, 15) is 28.5 Å². The number of anilines is 3. The van der Waals surface area contributed by atoms with Gasteiger partial charge in [-0.2, -0.15) is 25.0 Å². The number of urea groups is 1. The number of nitrogens with two attached hydrogens (primary N) is 1. The molecule has 2 fully saturated rings. The van der Waals surface area contributed by atoms with Crippen LogP contribution in [0, 0.1) is 0 Å². The topological polar surface area (TPSA) is 252 Å². The Labute approximate surface area is 327 Å². The number of hydrogen-bond donors (Lipinski definition) is 7. The number of sulfonamides is 1. The highest BCUT2D eigenvalue weighted by Gasteiger charge is 2.45. The van der Waals surface area contributed by atoms with E-state index in [0.29, 0.717) is 60.4 Å². The van der Waals surface area contributed by atoms with Gasteiger partial charge in [0, 0.05) is 37.3 Å². The van der Waals surface area contributed by atoms with E-state index >= 15 is 0 Å². The average molecular weight is 795 g/mol. The maximum absolute atomic E-state index is 13.0. The van der Waals surface area contributed by atoms with Gasteiger partial charge in [-0.3, -0.25) is 0 Å². The summed E-state index contributed by atoms with van der Waals surface area (Å²) < 4.78 is 25.0. The zero-order valence-corrected chi connectivity index (χ0v) is 31.4. The Morgan fingerprint density at radius 2 is 1.61 bits per heavy atom. The lowest BCUT2D eigenvalue weighted by Crippen LogP contribution is -2.40. The fourth-order valence-electron chi connectivity index (χ4n) is 7.58. The van der Waals surface area contributed by atoms with Crippen LogP contribution in [0.4, 0.5) is 22.2 Å². The number of aliphatic hydroxyl groups is 3. The molecule has 5 atom stereocenters. The molecule has 8 rings (SSSR count). The van der Waals surface area contributed by atoms with E-state index in [-0.39, 0.29) is 29.9 Å². The highest BCUT2D eigenvalue weighted by atomic mass is 32.2. The van der Waals surface area contributed by atoms with E-state index < -0.39 is 40.3 Å². The molecular formula is C38H42N12O6S. The van der Waals surface area contributed by atoms with Crippen LogP contribution in [0.5, 0.6) is 0 Å². The summed E-state index contributed by atoms with van der Waals surface area (Å²) in [5.74, 6) is 0.834. The highest BCUT2D eigenvalue weighted by Crippen LogP contribution is 2.40. The second-order valence-electron chi connectivity index (χ2n) is 14.2. The van der Waals surface area contributed by atoms with E-state index in [2.05, 4.69) is 50.4 Å². The van der Waals surface area contributed by atoms with E-state index in [1.807, 2.05) is 41.3 Å². The van der Waals surface area contributed by atoms with E-state index in [0.717, 1.165) is 11.1 Å². The fraction of sp³-hybridized carbons (Fsp3) is 0.316. The summed E-state index contributed by atoms with van der Waals surface area (Å²) in [5, 5.41) is 55.0. The summed E-state index contributed by atoms with van der Waals surface area (Å²) in [6.07, 6.45) is 1.45. The quantitative estimate of drug-likeness (QED) is 0.0939. The molecular weight excluding hydrogens is 753 g/mol. The molecule has 0 radical (unpaired) electrons. The van der Waals surface area contributed by atoms with Gasteiger partial charge >= 0.3 is 6.03 Å². The van der Waals surface area contributed by atoms with Crippen molar-refractivity contribution in [2.45, 2.75) is 60.6 Å². The first-order valence-electron chi connectivity index (χ1n) is 18.5. The largest absolute Gasteiger partial charge is 0.390 e. The number of carbonyl (C=O) groups excluding carboxylic acids is 1. The molecule has 1 saturated carbocycles. The Morgan fingerprint density at radius 1 is 0.930 bits per heavy atom. The van der Waals surface area contributed by atoms with Crippen LogP contribution in [0.25, 0.3) is 11.2 Å². The van der Waals surface area contributed by atoms with Crippen LogP contribution in [-0.2, 0) is 16.6 Å². The molecule has 18 nitrogen and oxygen atoms in total. The molecule has 3 aromatic carbocycles. The van der Waals surface area contributed by atoms with Crippen molar-refractivity contribution in [3.8, 4) is 0 Å². The van der Waals surface area contributed by atoms with Crippen molar-refractivity contribution in [2.75, 3.05) is 35.2 Å². The van der Waals surface area contributed by atoms with Gasteiger partial charge in [-0.05, 0) is 48.2 Å². The zero-order valence-electron chi connectivity index (χ0n) is 30.6. The SMILES string of the molecule is NS(=O)(=O)c1ccc(NC(=O)N[C@@H]2CCN(c3nc(NCC(c4ccccc4)c4ccccc4)c4ncn(C5C[C@H](n6ncc(CO)n6)[C@@H](O)[C@H]5O)c4n3)C2)cc1. The molecule has 3 aromatic heterocycles. The minimum absolute atomic E-state index is 0.0318. The van der Waals surface area contributed by atoms with Crippen LogP contribution in [-0.4, -0.2) is 102 Å². The molecule has 8 N–H and O–H groups in total. The lowest BCUT2D eigenvalue weighted by Gasteiger charge is -2.22. The molecule has 1 aliphatic carbocycles. The average Bonchev–Trinajstić information content (AvgIpc) is 4.03. The van der Waals surface area contributed by atoms with Gasteiger partial charge in [0.25, 0.3) is 0 Å². The Hall–Kier alpha value is -5.99. The number of rotatable bonds is 12. The van der Waals surface area contributed by atoms with Crippen LogP contribution < -0.4 is 26.0 Å². The molecule has 4 heterocycles. The van der Waals surface area contributed by atoms with Crippen molar-refractivity contribution in [3.63, 3.8) is 0 Å². The Balaban J connectivity index is 1.07. The van der Waals surface area contributed by atoms with Crippen LogP contribution in [0.1, 0.15) is 47.7 Å². The summed E-state index contributed by atoms with van der Waals surface area (Å²) >= 11 is 0. The third kappa shape index (κ3) is 8.00. The number of amides is 2. The number of carbonyl (C=O) groups is 1. The number of nitrogens with one attached hydrogen (secondary N) is 3. The number of benzene rings is 3. The minimum atomic E-state index is -3.87. The van der Waals surface area contributed by atoms with E-state index in [1.165, 1.54) is 35.3 Å². The molecule has 1 saturated heterocycles. The molecule has 296 valence electrons. The number of nitrogens with zero attached hydrogens (tertiary/aromatic N) is 8. The van der Waals surface area contributed by atoms with Gasteiger partial charge in [0.1, 0.15) is 23.9 Å². The monoisotopic (exact) mass is 794 g/mol. The molecule has 0 bridgehead atoms. The Kier molecular flexibility index (Phi) is 10.6. The first-order valence-corrected chi connectivity index (χ1v) is 20.0. The Morgan fingerprint density at radius 3 is 2.26 bits per heavy atom. The molecule has 2 amide bonds. The predicted octanol–water partition coefficient (Wildman–Crippen LogP) is 2.11. The summed E-state index contributed by atoms with van der Waals surface area (Å²) in [5.41, 5.74) is 3.90. The van der Waals surface area contributed by atoms with Crippen molar-refractivity contribution in [1.82, 2.24) is 39.8 Å². The molecule has 1 aliphatic heterocycles. The third-order valence-electron chi connectivity index (χ3n) is 10.5. The maximum Gasteiger partial charge on any atom is 0.319 e. The normalized spacial score (nSPS) is 21.0. The van der Waals surface area contributed by atoms with Crippen LogP contribution in [0.15, 0.2) is 102 Å². The molecule has 6 aromatic rings. The second kappa shape index (κ2) is 15.9. The number of imidazole rings is 1. The van der Waals surface area contributed by atoms with Crippen molar-refractivity contribution < 1.29 is 28.5 Å². The van der Waals surface area contributed by atoms with Gasteiger partial charge in [0.15, 0.2) is 17.0 Å². The molecule has 57 heavy (non-hydrogen) atoms. The van der Waals surface area contributed by atoms with Crippen LogP contribution >= 0.6 is 0 Å². The smallest absolute Gasteiger partial charge is 0.319 e. The van der Waals surface area contributed by atoms with Gasteiger partial charge < -0.3 is 40.7 Å². The van der Waals surface area contributed by atoms with Gasteiger partial charge in [-0.1, -0.05) is 60.7 Å². The van der Waals surface area contributed by atoms with Crippen molar-refractivity contribution >= 4 is 44.7 Å². The third-order valence-corrected chi connectivity index (χ3v) is 11.5. The van der Waals surface area contributed by atoms with Gasteiger partial charge in [0.05, 0.1) is 30.1 Å².